The highest BCUT2D eigenvalue weighted by Gasteiger charge is 2.29. The topological polar surface area (TPSA) is 47.2 Å². The second-order valence-corrected chi connectivity index (χ2v) is 7.41. The van der Waals surface area contributed by atoms with Crippen molar-refractivity contribution >= 4 is 15.4 Å². The molecule has 1 aromatic heterocycles. The van der Waals surface area contributed by atoms with Gasteiger partial charge in [0.1, 0.15) is 5.69 Å². The van der Waals surface area contributed by atoms with Gasteiger partial charge in [-0.25, -0.2) is 4.21 Å². The Morgan fingerprint density at radius 2 is 1.86 bits per heavy atom. The number of alkyl halides is 3. The molecular weight excluding hydrogens is 303 g/mol. The zero-order chi connectivity index (χ0) is 15.7. The molecule has 2 aromatic rings. The normalized spacial score (nSPS) is 12.4. The van der Waals surface area contributed by atoms with Crippen molar-refractivity contribution < 1.29 is 17.4 Å². The number of hydrogen-bond donors (Lipinski definition) is 0. The fourth-order valence-corrected chi connectivity index (χ4v) is 2.33. The molecule has 4 nitrogen and oxygen atoms in total. The number of nitrogens with zero attached hydrogens (tertiary/aromatic N) is 3. The van der Waals surface area contributed by atoms with Crippen LogP contribution in [0.3, 0.4) is 0 Å². The van der Waals surface area contributed by atoms with Gasteiger partial charge in [0.15, 0.2) is 0 Å². The smallest absolute Gasteiger partial charge is 0.266 e. The highest BCUT2D eigenvalue weighted by Crippen LogP contribution is 2.29. The summed E-state index contributed by atoms with van der Waals surface area (Å²) in [5.74, 6) is 0. The Morgan fingerprint density at radius 3 is 2.38 bits per heavy atom. The van der Waals surface area contributed by atoms with Gasteiger partial charge in [-0.3, -0.25) is 4.68 Å². The van der Waals surface area contributed by atoms with Gasteiger partial charge >= 0.3 is 6.18 Å². The Morgan fingerprint density at radius 1 is 1.24 bits per heavy atom. The van der Waals surface area contributed by atoms with E-state index < -0.39 is 21.5 Å². The molecule has 8 heteroatoms. The summed E-state index contributed by atoms with van der Waals surface area (Å²) in [7, 11) is -2.26. The minimum absolute atomic E-state index is 0.322. The highest BCUT2D eigenvalue weighted by molar-refractivity contribution is 7.92. The van der Waals surface area contributed by atoms with E-state index in [0.29, 0.717) is 17.8 Å². The number of rotatable bonds is 3. The van der Waals surface area contributed by atoms with E-state index in [1.54, 1.807) is 6.20 Å². The van der Waals surface area contributed by atoms with Gasteiger partial charge in [-0.1, -0.05) is 12.1 Å². The Hall–Kier alpha value is -1.83. The molecule has 0 aliphatic heterocycles. The SMILES string of the molecule is CS(C)(=O)=Nc1cnn(Cc2ccc(C(F)(F)F)cc2)c1. The van der Waals surface area contributed by atoms with Crippen LogP contribution in [0.25, 0.3) is 0 Å². The van der Waals surface area contributed by atoms with Crippen molar-refractivity contribution in [1.82, 2.24) is 9.78 Å². The molecule has 0 unspecified atom stereocenters. The van der Waals surface area contributed by atoms with Crippen molar-refractivity contribution in [3.8, 4) is 0 Å². The second-order valence-electron chi connectivity index (χ2n) is 4.86. The first-order valence-corrected chi connectivity index (χ1v) is 8.32. The average molecular weight is 317 g/mol. The lowest BCUT2D eigenvalue weighted by molar-refractivity contribution is -0.137. The van der Waals surface area contributed by atoms with Gasteiger partial charge in [0.25, 0.3) is 0 Å². The zero-order valence-electron chi connectivity index (χ0n) is 11.5. The molecule has 114 valence electrons. The van der Waals surface area contributed by atoms with Gasteiger partial charge in [-0.2, -0.15) is 22.6 Å². The standard InChI is InChI=1S/C13H14F3N3OS/c1-21(2,20)18-12-7-17-19(9-12)8-10-3-5-11(6-4-10)13(14,15)16/h3-7,9H,8H2,1-2H3. The summed E-state index contributed by atoms with van der Waals surface area (Å²) in [6, 6.07) is 4.89. The summed E-state index contributed by atoms with van der Waals surface area (Å²) in [5, 5.41) is 4.04. The van der Waals surface area contributed by atoms with Crippen LogP contribution in [0.2, 0.25) is 0 Å². The first-order valence-electron chi connectivity index (χ1n) is 5.99. The van der Waals surface area contributed by atoms with Crippen molar-refractivity contribution in [3.63, 3.8) is 0 Å². The number of aromatic nitrogens is 2. The van der Waals surface area contributed by atoms with Gasteiger partial charge in [0.2, 0.25) is 0 Å². The van der Waals surface area contributed by atoms with Crippen LogP contribution in [-0.4, -0.2) is 26.5 Å². The molecule has 2 rings (SSSR count). The predicted molar refractivity (Wildman–Crippen MR) is 74.9 cm³/mol. The van der Waals surface area contributed by atoms with Crippen molar-refractivity contribution in [1.29, 1.82) is 0 Å². The lowest BCUT2D eigenvalue weighted by Crippen LogP contribution is -2.05. The summed E-state index contributed by atoms with van der Waals surface area (Å²) in [6.45, 7) is 0.322. The first-order chi connectivity index (χ1) is 9.63. The molecule has 0 aliphatic carbocycles. The van der Waals surface area contributed by atoms with Gasteiger partial charge in [-0.05, 0) is 17.7 Å². The van der Waals surface area contributed by atoms with Crippen LogP contribution in [0, 0.1) is 0 Å². The molecule has 1 aromatic carbocycles. The summed E-state index contributed by atoms with van der Waals surface area (Å²) in [4.78, 5) is 0. The summed E-state index contributed by atoms with van der Waals surface area (Å²) in [5.41, 5.74) is 0.488. The van der Waals surface area contributed by atoms with Crippen LogP contribution < -0.4 is 0 Å². The van der Waals surface area contributed by atoms with E-state index in [-0.39, 0.29) is 0 Å². The molecule has 0 bridgehead atoms. The molecule has 0 saturated heterocycles. The van der Waals surface area contributed by atoms with E-state index in [4.69, 9.17) is 0 Å². The summed E-state index contributed by atoms with van der Waals surface area (Å²) in [6.07, 6.45) is 1.76. The largest absolute Gasteiger partial charge is 0.416 e. The first kappa shape index (κ1) is 15.6. The molecule has 0 atom stereocenters. The molecule has 0 radical (unpaired) electrons. The van der Waals surface area contributed by atoms with Crippen molar-refractivity contribution in [3.05, 3.63) is 47.8 Å². The van der Waals surface area contributed by atoms with Crippen LogP contribution in [0.4, 0.5) is 18.9 Å². The summed E-state index contributed by atoms with van der Waals surface area (Å²) < 4.78 is 54.4. The van der Waals surface area contributed by atoms with Gasteiger partial charge in [0.05, 0.1) is 24.5 Å². The third kappa shape index (κ3) is 4.59. The lowest BCUT2D eigenvalue weighted by Gasteiger charge is -2.07. The molecule has 0 aliphatic rings. The third-order valence-corrected chi connectivity index (χ3v) is 3.22. The minimum atomic E-state index is -4.33. The quantitative estimate of drug-likeness (QED) is 0.872. The highest BCUT2D eigenvalue weighted by atomic mass is 32.2. The van der Waals surface area contributed by atoms with Crippen LogP contribution in [0.5, 0.6) is 0 Å². The maximum Gasteiger partial charge on any atom is 0.416 e. The molecule has 0 saturated carbocycles. The Balaban J connectivity index is 2.14. The number of benzene rings is 1. The molecule has 21 heavy (non-hydrogen) atoms. The lowest BCUT2D eigenvalue weighted by atomic mass is 10.1. The van der Waals surface area contributed by atoms with E-state index >= 15 is 0 Å². The molecule has 0 fully saturated rings. The minimum Gasteiger partial charge on any atom is -0.266 e. The van der Waals surface area contributed by atoms with E-state index in [1.807, 2.05) is 0 Å². The average Bonchev–Trinajstić information content (AvgIpc) is 2.73. The van der Waals surface area contributed by atoms with Gasteiger partial charge in [0, 0.05) is 22.2 Å². The molecule has 0 amide bonds. The summed E-state index contributed by atoms with van der Waals surface area (Å²) >= 11 is 0. The molecule has 0 N–H and O–H groups in total. The van der Waals surface area contributed by atoms with Gasteiger partial charge in [-0.15, -0.1) is 0 Å². The Kier molecular flexibility index (Phi) is 4.08. The van der Waals surface area contributed by atoms with Crippen LogP contribution in [0.1, 0.15) is 11.1 Å². The monoisotopic (exact) mass is 317 g/mol. The molecule has 0 spiro atoms. The number of halogens is 3. The Bertz CT molecular complexity index is 733. The van der Waals surface area contributed by atoms with Crippen molar-refractivity contribution in [2.75, 3.05) is 12.5 Å². The van der Waals surface area contributed by atoms with Crippen LogP contribution in [-0.2, 0) is 22.5 Å². The second kappa shape index (κ2) is 5.51. The maximum absolute atomic E-state index is 12.5. The molecular formula is C13H14F3N3OS. The molecule has 1 heterocycles. The van der Waals surface area contributed by atoms with Crippen LogP contribution >= 0.6 is 0 Å². The fourth-order valence-electron chi connectivity index (χ4n) is 1.73. The van der Waals surface area contributed by atoms with E-state index in [9.17, 15) is 17.4 Å². The maximum atomic E-state index is 12.5. The number of hydrogen-bond acceptors (Lipinski definition) is 3. The van der Waals surface area contributed by atoms with E-state index in [0.717, 1.165) is 12.1 Å². The van der Waals surface area contributed by atoms with E-state index in [2.05, 4.69) is 9.46 Å². The van der Waals surface area contributed by atoms with E-state index in [1.165, 1.54) is 35.5 Å². The Labute approximate surface area is 120 Å². The zero-order valence-corrected chi connectivity index (χ0v) is 12.3. The van der Waals surface area contributed by atoms with Gasteiger partial charge < -0.3 is 0 Å². The van der Waals surface area contributed by atoms with Crippen molar-refractivity contribution in [2.45, 2.75) is 12.7 Å². The fraction of sp³-hybridized carbons (Fsp3) is 0.308. The van der Waals surface area contributed by atoms with Crippen molar-refractivity contribution in [2.24, 2.45) is 4.36 Å². The predicted octanol–water partition coefficient (Wildman–Crippen LogP) is 3.31. The third-order valence-electron chi connectivity index (χ3n) is 2.57. The van der Waals surface area contributed by atoms with Crippen LogP contribution in [0.15, 0.2) is 41.0 Å².